The van der Waals surface area contributed by atoms with E-state index in [2.05, 4.69) is 4.74 Å². The van der Waals surface area contributed by atoms with E-state index in [1.54, 1.807) is 30.3 Å². The van der Waals surface area contributed by atoms with E-state index in [1.165, 1.54) is 14.0 Å². The van der Waals surface area contributed by atoms with Gasteiger partial charge in [0.2, 0.25) is 0 Å². The molecule has 0 aliphatic carbocycles. The largest absolute Gasteiger partial charge is 0.468 e. The van der Waals surface area contributed by atoms with E-state index in [4.69, 9.17) is 0 Å². The van der Waals surface area contributed by atoms with Gasteiger partial charge in [0.15, 0.2) is 15.1 Å². The van der Waals surface area contributed by atoms with Crippen molar-refractivity contribution in [3.63, 3.8) is 0 Å². The van der Waals surface area contributed by atoms with Crippen molar-refractivity contribution in [1.82, 2.24) is 0 Å². The molecule has 0 bridgehead atoms. The number of carbonyl (C=O) groups is 1. The van der Waals surface area contributed by atoms with Gasteiger partial charge in [-0.25, -0.2) is 8.42 Å². The molecule has 0 aliphatic heterocycles. The van der Waals surface area contributed by atoms with E-state index in [0.717, 1.165) is 0 Å². The number of hydrogen-bond donors (Lipinski definition) is 0. The first kappa shape index (κ1) is 12.7. The molecule has 1 rings (SSSR count). The molecule has 0 heterocycles. The zero-order chi connectivity index (χ0) is 12.2. The molecule has 5 heteroatoms. The summed E-state index contributed by atoms with van der Waals surface area (Å²) in [5, 5.41) is -1.13. The number of ether oxygens (including phenoxy) is 1. The molecule has 0 saturated heterocycles. The van der Waals surface area contributed by atoms with E-state index in [1.807, 2.05) is 0 Å². The summed E-state index contributed by atoms with van der Waals surface area (Å²) in [5.74, 6) is -0.875. The summed E-state index contributed by atoms with van der Waals surface area (Å²) < 4.78 is 28.0. The second-order valence-electron chi connectivity index (χ2n) is 3.46. The minimum absolute atomic E-state index is 0.149. The van der Waals surface area contributed by atoms with Gasteiger partial charge >= 0.3 is 5.97 Å². The predicted octanol–water partition coefficient (Wildman–Crippen LogP) is 1.16. The number of hydrogen-bond acceptors (Lipinski definition) is 4. The van der Waals surface area contributed by atoms with Gasteiger partial charge in [-0.15, -0.1) is 0 Å². The quantitative estimate of drug-likeness (QED) is 0.743. The molecule has 0 N–H and O–H groups in total. The Balaban J connectivity index is 2.84. The highest BCUT2D eigenvalue weighted by Crippen LogP contribution is 2.11. The first-order valence-electron chi connectivity index (χ1n) is 4.80. The highest BCUT2D eigenvalue weighted by Gasteiger charge is 2.28. The summed E-state index contributed by atoms with van der Waals surface area (Å²) >= 11 is 0. The third-order valence-corrected chi connectivity index (χ3v) is 4.29. The van der Waals surface area contributed by atoms with Crippen molar-refractivity contribution in [1.29, 1.82) is 0 Å². The number of sulfone groups is 1. The third kappa shape index (κ3) is 3.06. The lowest BCUT2D eigenvalue weighted by Crippen LogP contribution is -2.29. The van der Waals surface area contributed by atoms with E-state index >= 15 is 0 Å². The Labute approximate surface area is 95.2 Å². The van der Waals surface area contributed by atoms with Crippen molar-refractivity contribution in [3.05, 3.63) is 35.9 Å². The molecule has 0 unspecified atom stereocenters. The molecule has 0 aromatic heterocycles. The van der Waals surface area contributed by atoms with Gasteiger partial charge in [-0.2, -0.15) is 0 Å². The standard InChI is InChI=1S/C11H14O4S/c1-9(11(12)15-2)16(13,14)8-10-6-4-3-5-7-10/h3-7,9H,8H2,1-2H3/t9-/m1/s1. The summed E-state index contributed by atoms with van der Waals surface area (Å²) in [4.78, 5) is 11.1. The average molecular weight is 242 g/mol. The minimum Gasteiger partial charge on any atom is -0.468 e. The lowest BCUT2D eigenvalue weighted by molar-refractivity contribution is -0.139. The minimum atomic E-state index is -3.50. The fraction of sp³-hybridized carbons (Fsp3) is 0.364. The highest BCUT2D eigenvalue weighted by atomic mass is 32.2. The Hall–Kier alpha value is -1.36. The summed E-state index contributed by atoms with van der Waals surface area (Å²) in [6.45, 7) is 1.34. The number of benzene rings is 1. The van der Waals surface area contributed by atoms with E-state index in [9.17, 15) is 13.2 Å². The molecule has 0 radical (unpaired) electrons. The molecule has 0 amide bonds. The van der Waals surface area contributed by atoms with Crippen LogP contribution in [0.5, 0.6) is 0 Å². The predicted molar refractivity (Wildman–Crippen MR) is 60.5 cm³/mol. The van der Waals surface area contributed by atoms with E-state index < -0.39 is 21.1 Å². The maximum absolute atomic E-state index is 11.8. The first-order chi connectivity index (χ1) is 7.47. The van der Waals surface area contributed by atoms with Gasteiger partial charge in [0, 0.05) is 0 Å². The second-order valence-corrected chi connectivity index (χ2v) is 5.78. The van der Waals surface area contributed by atoms with Crippen molar-refractivity contribution < 1.29 is 17.9 Å². The van der Waals surface area contributed by atoms with Crippen LogP contribution in [0.1, 0.15) is 12.5 Å². The van der Waals surface area contributed by atoms with Gasteiger partial charge in [0.05, 0.1) is 12.9 Å². The average Bonchev–Trinajstić information content (AvgIpc) is 2.27. The van der Waals surface area contributed by atoms with Crippen molar-refractivity contribution in [2.24, 2.45) is 0 Å². The molecule has 1 aromatic rings. The van der Waals surface area contributed by atoms with Crippen molar-refractivity contribution in [3.8, 4) is 0 Å². The Morgan fingerprint density at radius 2 is 1.88 bits per heavy atom. The second kappa shape index (κ2) is 5.12. The fourth-order valence-corrected chi connectivity index (χ4v) is 2.54. The lowest BCUT2D eigenvalue weighted by Gasteiger charge is -2.10. The summed E-state index contributed by atoms with van der Waals surface area (Å²) in [5.41, 5.74) is 0.665. The topological polar surface area (TPSA) is 60.4 Å². The lowest BCUT2D eigenvalue weighted by atomic mass is 10.2. The number of rotatable bonds is 4. The molecule has 1 atom stereocenters. The van der Waals surface area contributed by atoms with Crippen molar-refractivity contribution in [2.45, 2.75) is 17.9 Å². The zero-order valence-electron chi connectivity index (χ0n) is 9.21. The highest BCUT2D eigenvalue weighted by molar-refractivity contribution is 7.92. The Morgan fingerprint density at radius 3 is 2.38 bits per heavy atom. The van der Waals surface area contributed by atoms with E-state index in [0.29, 0.717) is 5.56 Å². The summed E-state index contributed by atoms with van der Waals surface area (Å²) in [6.07, 6.45) is 0. The Bertz CT molecular complexity index is 450. The monoisotopic (exact) mass is 242 g/mol. The molecule has 0 fully saturated rings. The SMILES string of the molecule is COC(=O)[C@@H](C)S(=O)(=O)Cc1ccccc1. The van der Waals surface area contributed by atoms with Crippen LogP contribution in [-0.4, -0.2) is 26.7 Å². The maximum Gasteiger partial charge on any atom is 0.323 e. The van der Waals surface area contributed by atoms with Crippen LogP contribution in [0.15, 0.2) is 30.3 Å². The molecule has 16 heavy (non-hydrogen) atoms. The fourth-order valence-electron chi connectivity index (χ4n) is 1.24. The van der Waals surface area contributed by atoms with Crippen LogP contribution in [0.2, 0.25) is 0 Å². The van der Waals surface area contributed by atoms with Gasteiger partial charge < -0.3 is 4.74 Å². The molecule has 0 saturated carbocycles. The van der Waals surface area contributed by atoms with Crippen LogP contribution in [0.3, 0.4) is 0 Å². The van der Waals surface area contributed by atoms with E-state index in [-0.39, 0.29) is 5.75 Å². The first-order valence-corrected chi connectivity index (χ1v) is 6.52. The van der Waals surface area contributed by atoms with Crippen molar-refractivity contribution in [2.75, 3.05) is 7.11 Å². The molecule has 0 aliphatic rings. The van der Waals surface area contributed by atoms with Gasteiger partial charge in [0.1, 0.15) is 0 Å². The molecule has 1 aromatic carbocycles. The summed E-state index contributed by atoms with van der Waals surface area (Å²) in [6, 6.07) is 8.74. The van der Waals surface area contributed by atoms with Gasteiger partial charge in [-0.1, -0.05) is 30.3 Å². The molecule has 4 nitrogen and oxygen atoms in total. The third-order valence-electron chi connectivity index (χ3n) is 2.28. The molecule has 0 spiro atoms. The summed E-state index contributed by atoms with van der Waals surface area (Å²) in [7, 11) is -2.32. The molecular formula is C11H14O4S. The van der Waals surface area contributed by atoms with Crippen LogP contribution < -0.4 is 0 Å². The van der Waals surface area contributed by atoms with Gasteiger partial charge in [-0.05, 0) is 12.5 Å². The van der Waals surface area contributed by atoms with Crippen LogP contribution in [0, 0.1) is 0 Å². The number of esters is 1. The Kier molecular flexibility index (Phi) is 4.06. The van der Waals surface area contributed by atoms with Gasteiger partial charge in [0.25, 0.3) is 0 Å². The zero-order valence-corrected chi connectivity index (χ0v) is 10.0. The van der Waals surface area contributed by atoms with Gasteiger partial charge in [-0.3, -0.25) is 4.79 Å². The van der Waals surface area contributed by atoms with Crippen LogP contribution in [-0.2, 0) is 25.1 Å². The number of methoxy groups -OCH3 is 1. The van der Waals surface area contributed by atoms with Crippen LogP contribution in [0.25, 0.3) is 0 Å². The van der Waals surface area contributed by atoms with Crippen LogP contribution >= 0.6 is 0 Å². The van der Waals surface area contributed by atoms with Crippen LogP contribution in [0.4, 0.5) is 0 Å². The number of carbonyl (C=O) groups excluding carboxylic acids is 1. The Morgan fingerprint density at radius 1 is 1.31 bits per heavy atom. The smallest absolute Gasteiger partial charge is 0.323 e. The normalized spacial score (nSPS) is 13.1. The molecular weight excluding hydrogens is 228 g/mol. The maximum atomic E-state index is 11.8. The van der Waals surface area contributed by atoms with Crippen molar-refractivity contribution >= 4 is 15.8 Å². The molecule has 88 valence electrons.